The highest BCUT2D eigenvalue weighted by molar-refractivity contribution is 5.42. The molecule has 0 aliphatic heterocycles. The first-order chi connectivity index (χ1) is 8.20. The van der Waals surface area contributed by atoms with Gasteiger partial charge in [-0.2, -0.15) is 0 Å². The molecule has 18 heavy (non-hydrogen) atoms. The Balaban J connectivity index is 3.32. The van der Waals surface area contributed by atoms with Gasteiger partial charge in [0.2, 0.25) is 0 Å². The van der Waals surface area contributed by atoms with E-state index < -0.39 is 0 Å². The molecule has 1 unspecified atom stereocenters. The van der Waals surface area contributed by atoms with Gasteiger partial charge < -0.3 is 15.0 Å². The van der Waals surface area contributed by atoms with E-state index in [1.165, 1.54) is 0 Å². The molecule has 0 radical (unpaired) electrons. The van der Waals surface area contributed by atoms with E-state index in [1.807, 2.05) is 0 Å². The number of hydrogen-bond donors (Lipinski definition) is 1. The molecule has 0 fully saturated rings. The van der Waals surface area contributed by atoms with Gasteiger partial charge in [-0.1, -0.05) is 27.7 Å². The Morgan fingerprint density at radius 2 is 1.83 bits per heavy atom. The number of ether oxygens (including phenoxy) is 1. The van der Waals surface area contributed by atoms with Gasteiger partial charge in [0.15, 0.2) is 0 Å². The summed E-state index contributed by atoms with van der Waals surface area (Å²) >= 11 is 0. The maximum atomic E-state index is 6.28. The number of imidazole rings is 1. The number of aromatic nitrogens is 2. The highest BCUT2D eigenvalue weighted by atomic mass is 16.5. The summed E-state index contributed by atoms with van der Waals surface area (Å²) < 4.78 is 7.34. The lowest BCUT2D eigenvalue weighted by atomic mass is 9.95. The van der Waals surface area contributed by atoms with E-state index in [1.54, 1.807) is 7.11 Å². The van der Waals surface area contributed by atoms with Crippen molar-refractivity contribution < 1.29 is 4.74 Å². The van der Waals surface area contributed by atoms with Crippen molar-refractivity contribution >= 4 is 5.82 Å². The van der Waals surface area contributed by atoms with Crippen molar-refractivity contribution in [1.82, 2.24) is 9.55 Å². The van der Waals surface area contributed by atoms with Crippen LogP contribution >= 0.6 is 0 Å². The van der Waals surface area contributed by atoms with Gasteiger partial charge in [0.1, 0.15) is 11.6 Å². The molecule has 0 saturated carbocycles. The Hall–Kier alpha value is -1.03. The third-order valence-electron chi connectivity index (χ3n) is 3.05. The van der Waals surface area contributed by atoms with E-state index >= 15 is 0 Å². The molecule has 0 aliphatic rings. The van der Waals surface area contributed by atoms with Gasteiger partial charge in [0, 0.05) is 24.5 Å². The number of hydrogen-bond acceptors (Lipinski definition) is 3. The largest absolute Gasteiger partial charge is 0.384 e. The molecule has 1 heterocycles. The minimum absolute atomic E-state index is 0.0105. The summed E-state index contributed by atoms with van der Waals surface area (Å²) in [5.41, 5.74) is 7.22. The fourth-order valence-corrected chi connectivity index (χ4v) is 2.21. The summed E-state index contributed by atoms with van der Waals surface area (Å²) in [6, 6.07) is 0.315. The van der Waals surface area contributed by atoms with Gasteiger partial charge in [-0.25, -0.2) is 4.98 Å². The molecular formula is C14H27N3O. The van der Waals surface area contributed by atoms with Crippen LogP contribution in [0.15, 0.2) is 0 Å². The van der Waals surface area contributed by atoms with E-state index in [2.05, 4.69) is 46.1 Å². The van der Waals surface area contributed by atoms with Gasteiger partial charge in [-0.05, 0) is 13.8 Å². The maximum Gasteiger partial charge on any atom is 0.127 e. The molecule has 1 aromatic rings. The molecule has 0 amide bonds. The molecule has 0 aromatic carbocycles. The molecule has 1 aromatic heterocycles. The van der Waals surface area contributed by atoms with Crippen LogP contribution in [0.4, 0.5) is 5.82 Å². The van der Waals surface area contributed by atoms with Crippen LogP contribution in [0.2, 0.25) is 0 Å². The Kier molecular flexibility index (Phi) is 4.43. The highest BCUT2D eigenvalue weighted by Crippen LogP contribution is 2.32. The minimum Gasteiger partial charge on any atom is -0.384 e. The number of rotatable bonds is 4. The van der Waals surface area contributed by atoms with Gasteiger partial charge in [-0.3, -0.25) is 0 Å². The fraction of sp³-hybridized carbons (Fsp3) is 0.786. The van der Waals surface area contributed by atoms with E-state index in [-0.39, 0.29) is 11.3 Å². The smallest absolute Gasteiger partial charge is 0.127 e. The van der Waals surface area contributed by atoms with Crippen molar-refractivity contribution in [3.05, 3.63) is 11.5 Å². The first-order valence-corrected chi connectivity index (χ1v) is 6.57. The summed E-state index contributed by atoms with van der Waals surface area (Å²) in [7, 11) is 1.71. The summed E-state index contributed by atoms with van der Waals surface area (Å²) in [6.45, 7) is 13.5. The molecule has 104 valence electrons. The van der Waals surface area contributed by atoms with Gasteiger partial charge >= 0.3 is 0 Å². The molecule has 0 spiro atoms. The third-order valence-corrected chi connectivity index (χ3v) is 3.05. The zero-order valence-corrected chi connectivity index (χ0v) is 12.7. The van der Waals surface area contributed by atoms with E-state index in [4.69, 9.17) is 15.5 Å². The Labute approximate surface area is 111 Å². The second-order valence-electron chi connectivity index (χ2n) is 6.28. The lowest BCUT2D eigenvalue weighted by Crippen LogP contribution is -2.21. The van der Waals surface area contributed by atoms with Crippen LogP contribution in [-0.2, 0) is 10.2 Å². The Morgan fingerprint density at radius 3 is 2.17 bits per heavy atom. The minimum atomic E-state index is -0.0105. The lowest BCUT2D eigenvalue weighted by molar-refractivity contribution is 0.183. The number of methoxy groups -OCH3 is 1. The average Bonchev–Trinajstić information content (AvgIpc) is 2.55. The van der Waals surface area contributed by atoms with Crippen LogP contribution < -0.4 is 5.73 Å². The van der Waals surface area contributed by atoms with Crippen molar-refractivity contribution in [2.45, 2.75) is 58.9 Å². The molecular weight excluding hydrogens is 226 g/mol. The summed E-state index contributed by atoms with van der Waals surface area (Å²) in [5.74, 6) is 2.04. The van der Waals surface area contributed by atoms with Crippen molar-refractivity contribution in [2.24, 2.45) is 0 Å². The normalized spacial score (nSPS) is 14.2. The Bertz CT molecular complexity index is 402. The predicted octanol–water partition coefficient (Wildman–Crippen LogP) is 3.09. The predicted molar refractivity (Wildman–Crippen MR) is 76.0 cm³/mol. The second kappa shape index (κ2) is 5.31. The summed E-state index contributed by atoms with van der Waals surface area (Å²) in [5, 5.41) is 0. The molecule has 0 saturated heterocycles. The van der Waals surface area contributed by atoms with Crippen LogP contribution in [-0.4, -0.2) is 23.3 Å². The third kappa shape index (κ3) is 2.86. The maximum absolute atomic E-state index is 6.28. The standard InChI is InChI=1S/C14H27N3O/c1-9(2)17-12(15)11(10(3)8-18-7)16-13(17)14(4,5)6/h9-10H,8,15H2,1-7H3. The van der Waals surface area contributed by atoms with E-state index in [0.717, 1.165) is 17.3 Å². The van der Waals surface area contributed by atoms with Crippen molar-refractivity contribution in [1.29, 1.82) is 0 Å². The van der Waals surface area contributed by atoms with E-state index in [9.17, 15) is 0 Å². The summed E-state index contributed by atoms with van der Waals surface area (Å²) in [4.78, 5) is 4.78. The fourth-order valence-electron chi connectivity index (χ4n) is 2.21. The van der Waals surface area contributed by atoms with Gasteiger partial charge in [0.05, 0.1) is 12.3 Å². The van der Waals surface area contributed by atoms with Gasteiger partial charge in [0.25, 0.3) is 0 Å². The van der Waals surface area contributed by atoms with Crippen LogP contribution in [0.3, 0.4) is 0 Å². The molecule has 4 heteroatoms. The first kappa shape index (κ1) is 15.0. The van der Waals surface area contributed by atoms with Crippen molar-refractivity contribution in [3.8, 4) is 0 Å². The number of nitrogens with zero attached hydrogens (tertiary/aromatic N) is 2. The highest BCUT2D eigenvalue weighted by Gasteiger charge is 2.27. The number of nitrogen functional groups attached to an aromatic ring is 1. The van der Waals surface area contributed by atoms with Crippen LogP contribution in [0, 0.1) is 0 Å². The topological polar surface area (TPSA) is 53.1 Å². The van der Waals surface area contributed by atoms with E-state index in [0.29, 0.717) is 12.6 Å². The zero-order valence-electron chi connectivity index (χ0n) is 12.7. The molecule has 2 N–H and O–H groups in total. The molecule has 0 aliphatic carbocycles. The zero-order chi connectivity index (χ0) is 14.1. The van der Waals surface area contributed by atoms with Crippen LogP contribution in [0.5, 0.6) is 0 Å². The SMILES string of the molecule is COCC(C)c1nc(C(C)(C)C)n(C(C)C)c1N. The van der Waals surface area contributed by atoms with Crippen molar-refractivity contribution in [3.63, 3.8) is 0 Å². The van der Waals surface area contributed by atoms with Crippen LogP contribution in [0.25, 0.3) is 0 Å². The Morgan fingerprint density at radius 1 is 1.28 bits per heavy atom. The second-order valence-corrected chi connectivity index (χ2v) is 6.28. The monoisotopic (exact) mass is 253 g/mol. The average molecular weight is 253 g/mol. The molecule has 4 nitrogen and oxygen atoms in total. The van der Waals surface area contributed by atoms with Crippen molar-refractivity contribution in [2.75, 3.05) is 19.5 Å². The quantitative estimate of drug-likeness (QED) is 0.897. The lowest BCUT2D eigenvalue weighted by Gasteiger charge is -2.22. The number of anilines is 1. The molecule has 1 atom stereocenters. The van der Waals surface area contributed by atoms with Crippen LogP contribution in [0.1, 0.15) is 65.0 Å². The molecule has 1 rings (SSSR count). The summed E-state index contributed by atoms with van der Waals surface area (Å²) in [6.07, 6.45) is 0. The first-order valence-electron chi connectivity index (χ1n) is 6.57. The number of nitrogens with two attached hydrogens (primary N) is 1. The van der Waals surface area contributed by atoms with Gasteiger partial charge in [-0.15, -0.1) is 0 Å². The molecule has 0 bridgehead atoms.